The number of nitrogens with zero attached hydrogens (tertiary/aromatic N) is 2. The van der Waals surface area contributed by atoms with E-state index >= 15 is 0 Å². The second kappa shape index (κ2) is 7.29. The van der Waals surface area contributed by atoms with E-state index in [0.717, 1.165) is 17.7 Å². The first kappa shape index (κ1) is 17.7. The van der Waals surface area contributed by atoms with E-state index in [4.69, 9.17) is 0 Å². The minimum Gasteiger partial charge on any atom is -0.345 e. The molecule has 0 unspecified atom stereocenters. The van der Waals surface area contributed by atoms with Gasteiger partial charge in [-0.15, -0.1) is 0 Å². The molecule has 128 valence electrons. The standard InChI is InChI=1S/C18H24N4O2/c1-11(2)9-13-10-16(21-20-13)17(23)19-15-8-6-7-14(12(15)3)18(24)22(4)5/h6-8,10-11H,9H2,1-5H3,(H,19,23)(H,20,21). The molecule has 1 heterocycles. The molecule has 2 N–H and O–H groups in total. The van der Waals surface area contributed by atoms with Crippen LogP contribution in [-0.4, -0.2) is 41.0 Å². The number of rotatable bonds is 5. The highest BCUT2D eigenvalue weighted by Gasteiger charge is 2.16. The lowest BCUT2D eigenvalue weighted by Gasteiger charge is -2.15. The molecule has 1 aromatic carbocycles. The van der Waals surface area contributed by atoms with Gasteiger partial charge >= 0.3 is 0 Å². The minimum absolute atomic E-state index is 0.0948. The summed E-state index contributed by atoms with van der Waals surface area (Å²) < 4.78 is 0. The Morgan fingerprint density at radius 1 is 1.29 bits per heavy atom. The van der Waals surface area contributed by atoms with Crippen molar-refractivity contribution in [1.82, 2.24) is 15.1 Å². The van der Waals surface area contributed by atoms with E-state index in [0.29, 0.717) is 22.9 Å². The van der Waals surface area contributed by atoms with Gasteiger partial charge in [-0.05, 0) is 43.0 Å². The van der Waals surface area contributed by atoms with E-state index < -0.39 is 0 Å². The number of carbonyl (C=O) groups excluding carboxylic acids is 2. The fourth-order valence-electron chi connectivity index (χ4n) is 2.45. The van der Waals surface area contributed by atoms with Crippen molar-refractivity contribution in [2.24, 2.45) is 5.92 Å². The number of H-pyrrole nitrogens is 1. The summed E-state index contributed by atoms with van der Waals surface area (Å²) in [5, 5.41) is 9.80. The molecule has 2 rings (SSSR count). The quantitative estimate of drug-likeness (QED) is 0.886. The van der Waals surface area contributed by atoms with Gasteiger partial charge < -0.3 is 10.2 Å². The van der Waals surface area contributed by atoms with Gasteiger partial charge in [-0.3, -0.25) is 14.7 Å². The summed E-state index contributed by atoms with van der Waals surface area (Å²) in [5.74, 6) is 0.0960. The van der Waals surface area contributed by atoms with Crippen LogP contribution in [0, 0.1) is 12.8 Å². The van der Waals surface area contributed by atoms with Crippen molar-refractivity contribution in [2.75, 3.05) is 19.4 Å². The molecule has 2 aromatic rings. The molecule has 0 aliphatic carbocycles. The largest absolute Gasteiger partial charge is 0.345 e. The predicted molar refractivity (Wildman–Crippen MR) is 94.3 cm³/mol. The van der Waals surface area contributed by atoms with Gasteiger partial charge in [0.15, 0.2) is 5.69 Å². The third-order valence-electron chi connectivity index (χ3n) is 3.71. The van der Waals surface area contributed by atoms with Crippen molar-refractivity contribution in [2.45, 2.75) is 27.2 Å². The van der Waals surface area contributed by atoms with Crippen LogP contribution in [0.2, 0.25) is 0 Å². The number of amides is 2. The molecule has 0 bridgehead atoms. The Hall–Kier alpha value is -2.63. The highest BCUT2D eigenvalue weighted by atomic mass is 16.2. The third kappa shape index (κ3) is 4.01. The topological polar surface area (TPSA) is 78.1 Å². The first-order chi connectivity index (χ1) is 11.3. The van der Waals surface area contributed by atoms with Gasteiger partial charge in [0, 0.05) is 31.0 Å². The van der Waals surface area contributed by atoms with E-state index in [1.54, 1.807) is 38.4 Å². The molecule has 6 nitrogen and oxygen atoms in total. The number of hydrogen-bond donors (Lipinski definition) is 2. The first-order valence-corrected chi connectivity index (χ1v) is 7.96. The third-order valence-corrected chi connectivity index (χ3v) is 3.71. The van der Waals surface area contributed by atoms with Gasteiger partial charge in [0.05, 0.1) is 0 Å². The Balaban J connectivity index is 2.19. The average molecular weight is 328 g/mol. The Kier molecular flexibility index (Phi) is 5.39. The molecule has 0 spiro atoms. The molecule has 0 fully saturated rings. The molecular weight excluding hydrogens is 304 g/mol. The molecule has 0 atom stereocenters. The number of aromatic nitrogens is 2. The molecule has 0 saturated carbocycles. The lowest BCUT2D eigenvalue weighted by molar-refractivity contribution is 0.0826. The second-order valence-electron chi connectivity index (χ2n) is 6.51. The Morgan fingerprint density at radius 2 is 2.00 bits per heavy atom. The van der Waals surface area contributed by atoms with Crippen LogP contribution in [0.4, 0.5) is 5.69 Å². The molecule has 0 radical (unpaired) electrons. The van der Waals surface area contributed by atoms with Gasteiger partial charge in [0.2, 0.25) is 0 Å². The zero-order valence-corrected chi connectivity index (χ0v) is 14.8. The van der Waals surface area contributed by atoms with Crippen LogP contribution >= 0.6 is 0 Å². The highest BCUT2D eigenvalue weighted by Crippen LogP contribution is 2.20. The van der Waals surface area contributed by atoms with Crippen LogP contribution in [-0.2, 0) is 6.42 Å². The Labute approximate surface area is 142 Å². The van der Waals surface area contributed by atoms with Gasteiger partial charge in [-0.2, -0.15) is 5.10 Å². The number of hydrogen-bond acceptors (Lipinski definition) is 3. The van der Waals surface area contributed by atoms with Crippen molar-refractivity contribution < 1.29 is 9.59 Å². The fraction of sp³-hybridized carbons (Fsp3) is 0.389. The Bertz CT molecular complexity index is 747. The van der Waals surface area contributed by atoms with Crippen LogP contribution < -0.4 is 5.32 Å². The summed E-state index contributed by atoms with van der Waals surface area (Å²) in [6.45, 7) is 6.04. The van der Waals surface area contributed by atoms with Crippen LogP contribution in [0.25, 0.3) is 0 Å². The number of nitrogens with one attached hydrogen (secondary N) is 2. The van der Waals surface area contributed by atoms with E-state index in [1.807, 2.05) is 6.92 Å². The SMILES string of the molecule is Cc1c(NC(=O)c2cc(CC(C)C)[nH]n2)cccc1C(=O)N(C)C. The van der Waals surface area contributed by atoms with Crippen molar-refractivity contribution in [3.05, 3.63) is 46.8 Å². The van der Waals surface area contributed by atoms with E-state index in [-0.39, 0.29) is 11.8 Å². The van der Waals surface area contributed by atoms with E-state index in [2.05, 4.69) is 29.4 Å². The lowest BCUT2D eigenvalue weighted by Crippen LogP contribution is -2.23. The Morgan fingerprint density at radius 3 is 2.62 bits per heavy atom. The monoisotopic (exact) mass is 328 g/mol. The van der Waals surface area contributed by atoms with Gasteiger partial charge in [0.1, 0.15) is 0 Å². The smallest absolute Gasteiger partial charge is 0.276 e. The molecule has 0 saturated heterocycles. The maximum Gasteiger partial charge on any atom is 0.276 e. The van der Waals surface area contributed by atoms with Crippen LogP contribution in [0.15, 0.2) is 24.3 Å². The summed E-state index contributed by atoms with van der Waals surface area (Å²) in [5.41, 5.74) is 3.20. The number of anilines is 1. The number of carbonyl (C=O) groups is 2. The molecule has 0 aliphatic heterocycles. The van der Waals surface area contributed by atoms with Crippen LogP contribution in [0.1, 0.15) is 46.0 Å². The van der Waals surface area contributed by atoms with Crippen LogP contribution in [0.5, 0.6) is 0 Å². The molecule has 1 aromatic heterocycles. The van der Waals surface area contributed by atoms with E-state index in [9.17, 15) is 9.59 Å². The van der Waals surface area contributed by atoms with Crippen molar-refractivity contribution in [1.29, 1.82) is 0 Å². The highest BCUT2D eigenvalue weighted by molar-refractivity contribution is 6.05. The first-order valence-electron chi connectivity index (χ1n) is 7.96. The normalized spacial score (nSPS) is 10.8. The summed E-state index contributed by atoms with van der Waals surface area (Å²) in [7, 11) is 3.40. The summed E-state index contributed by atoms with van der Waals surface area (Å²) >= 11 is 0. The van der Waals surface area contributed by atoms with Crippen molar-refractivity contribution in [3.8, 4) is 0 Å². The maximum absolute atomic E-state index is 12.4. The number of benzene rings is 1. The van der Waals surface area contributed by atoms with Crippen molar-refractivity contribution in [3.63, 3.8) is 0 Å². The molecular formula is C18H24N4O2. The molecule has 2 amide bonds. The van der Waals surface area contributed by atoms with Crippen molar-refractivity contribution >= 4 is 17.5 Å². The van der Waals surface area contributed by atoms with Crippen LogP contribution in [0.3, 0.4) is 0 Å². The minimum atomic E-state index is -0.293. The average Bonchev–Trinajstić information content (AvgIpc) is 2.96. The second-order valence-corrected chi connectivity index (χ2v) is 6.51. The zero-order valence-electron chi connectivity index (χ0n) is 14.8. The summed E-state index contributed by atoms with van der Waals surface area (Å²) in [6, 6.07) is 7.05. The molecule has 24 heavy (non-hydrogen) atoms. The summed E-state index contributed by atoms with van der Waals surface area (Å²) in [4.78, 5) is 26.1. The zero-order chi connectivity index (χ0) is 17.9. The molecule has 6 heteroatoms. The summed E-state index contributed by atoms with van der Waals surface area (Å²) in [6.07, 6.45) is 0.839. The predicted octanol–water partition coefficient (Wildman–Crippen LogP) is 2.87. The van der Waals surface area contributed by atoms with Gasteiger partial charge in [-0.25, -0.2) is 0 Å². The maximum atomic E-state index is 12.4. The van der Waals surface area contributed by atoms with E-state index in [1.165, 1.54) is 4.90 Å². The lowest BCUT2D eigenvalue weighted by atomic mass is 10.1. The fourth-order valence-corrected chi connectivity index (χ4v) is 2.45. The number of aromatic amines is 1. The van der Waals surface area contributed by atoms with Gasteiger partial charge in [-0.1, -0.05) is 19.9 Å². The van der Waals surface area contributed by atoms with Gasteiger partial charge in [0.25, 0.3) is 11.8 Å². The molecule has 0 aliphatic rings.